The van der Waals surface area contributed by atoms with Gasteiger partial charge in [-0.1, -0.05) is 52.0 Å². The van der Waals surface area contributed by atoms with Gasteiger partial charge < -0.3 is 20.5 Å². The predicted octanol–water partition coefficient (Wildman–Crippen LogP) is 6.58. The first kappa shape index (κ1) is 29.2. The highest BCUT2D eigenvalue weighted by molar-refractivity contribution is 5.87. The maximum absolute atomic E-state index is 12.2. The maximum atomic E-state index is 12.2. The summed E-state index contributed by atoms with van der Waals surface area (Å²) in [6.45, 7) is 14.8. The second-order valence-corrected chi connectivity index (χ2v) is 9.97. The largest absolute Gasteiger partial charge is 0.465 e. The summed E-state index contributed by atoms with van der Waals surface area (Å²) >= 11 is 0. The van der Waals surface area contributed by atoms with Gasteiger partial charge in [-0.15, -0.1) is 0 Å². The van der Waals surface area contributed by atoms with Crippen molar-refractivity contribution < 1.29 is 19.4 Å². The molecule has 0 heterocycles. The first-order valence-corrected chi connectivity index (χ1v) is 13.0. The average molecular weight is 498 g/mol. The van der Waals surface area contributed by atoms with Gasteiger partial charge in [0.1, 0.15) is 5.75 Å². The average Bonchev–Trinajstić information content (AvgIpc) is 2.79. The zero-order valence-electron chi connectivity index (χ0n) is 22.7. The third-order valence-electron chi connectivity index (χ3n) is 6.11. The molecule has 0 aromatic heterocycles. The number of amides is 2. The van der Waals surface area contributed by atoms with Crippen molar-refractivity contribution in [3.8, 4) is 5.75 Å². The van der Waals surface area contributed by atoms with Crippen molar-refractivity contribution in [2.75, 3.05) is 31.1 Å². The van der Waals surface area contributed by atoms with Crippen molar-refractivity contribution in [2.45, 2.75) is 72.6 Å². The van der Waals surface area contributed by atoms with Crippen molar-refractivity contribution in [1.82, 2.24) is 10.6 Å². The predicted molar refractivity (Wildman–Crippen MR) is 147 cm³/mol. The summed E-state index contributed by atoms with van der Waals surface area (Å²) < 4.78 is 5.54. The molecule has 0 saturated heterocycles. The topological polar surface area (TPSA) is 90.9 Å². The van der Waals surface area contributed by atoms with E-state index in [-0.39, 0.29) is 11.8 Å². The number of benzene rings is 2. The fourth-order valence-corrected chi connectivity index (χ4v) is 4.09. The minimum Gasteiger partial charge on any atom is -0.465 e. The molecule has 36 heavy (non-hydrogen) atoms. The summed E-state index contributed by atoms with van der Waals surface area (Å²) in [5, 5.41) is 16.0. The minimum atomic E-state index is -0.924. The molecule has 0 saturated carbocycles. The Balaban J connectivity index is 1.67. The zero-order valence-corrected chi connectivity index (χ0v) is 22.7. The van der Waals surface area contributed by atoms with Gasteiger partial charge in [0.2, 0.25) is 0 Å². The van der Waals surface area contributed by atoms with Crippen LogP contribution in [-0.4, -0.2) is 43.5 Å². The summed E-state index contributed by atoms with van der Waals surface area (Å²) in [6, 6.07) is 11.9. The highest BCUT2D eigenvalue weighted by atomic mass is 16.6. The molecule has 0 atom stereocenters. The monoisotopic (exact) mass is 497 g/mol. The van der Waals surface area contributed by atoms with Gasteiger partial charge in [0.15, 0.2) is 0 Å². The zero-order chi connectivity index (χ0) is 26.7. The van der Waals surface area contributed by atoms with Gasteiger partial charge in [0, 0.05) is 13.1 Å². The molecule has 0 aliphatic carbocycles. The standard InChI is InChI=1S/C29H43N3O4/c1-20(2)24-12-10-22(5)18-26(24)32(29(34)35)17-9-15-30-14-7-8-16-31-28(33)36-27-19-23(6)11-13-25(27)21(3)4/h10-13,18-21,30H,7-9,14-17H2,1-6H3,(H,31,33)(H,34,35). The minimum absolute atomic E-state index is 0.250. The van der Waals surface area contributed by atoms with Crippen LogP contribution in [0.25, 0.3) is 0 Å². The molecule has 2 amide bonds. The summed E-state index contributed by atoms with van der Waals surface area (Å²) in [6.07, 6.45) is 1.10. The van der Waals surface area contributed by atoms with Crippen LogP contribution in [0.15, 0.2) is 36.4 Å². The molecule has 2 aromatic rings. The summed E-state index contributed by atoms with van der Waals surface area (Å²) in [5.41, 5.74) is 4.95. The maximum Gasteiger partial charge on any atom is 0.412 e. The Morgan fingerprint density at radius 1 is 0.861 bits per heavy atom. The van der Waals surface area contributed by atoms with Crippen LogP contribution >= 0.6 is 0 Å². The van der Waals surface area contributed by atoms with Crippen LogP contribution in [0.5, 0.6) is 5.75 Å². The molecule has 7 heteroatoms. The Morgan fingerprint density at radius 3 is 2.08 bits per heavy atom. The normalized spacial score (nSPS) is 11.1. The van der Waals surface area contributed by atoms with Crippen molar-refractivity contribution in [3.63, 3.8) is 0 Å². The summed E-state index contributed by atoms with van der Waals surface area (Å²) in [4.78, 5) is 25.6. The molecule has 3 N–H and O–H groups in total. The van der Waals surface area contributed by atoms with E-state index in [0.29, 0.717) is 18.8 Å². The van der Waals surface area contributed by atoms with E-state index in [0.717, 1.165) is 60.3 Å². The molecule has 0 aliphatic heterocycles. The van der Waals surface area contributed by atoms with E-state index < -0.39 is 12.2 Å². The van der Waals surface area contributed by atoms with Crippen molar-refractivity contribution in [2.24, 2.45) is 0 Å². The molecule has 2 rings (SSSR count). The number of rotatable bonds is 13. The number of nitrogens with zero attached hydrogens (tertiary/aromatic N) is 1. The van der Waals surface area contributed by atoms with Gasteiger partial charge in [0.05, 0.1) is 5.69 Å². The summed E-state index contributed by atoms with van der Waals surface area (Å²) in [7, 11) is 0. The molecule has 0 aliphatic rings. The van der Waals surface area contributed by atoms with Gasteiger partial charge in [-0.2, -0.15) is 0 Å². The van der Waals surface area contributed by atoms with Gasteiger partial charge >= 0.3 is 12.2 Å². The lowest BCUT2D eigenvalue weighted by atomic mass is 9.98. The van der Waals surface area contributed by atoms with E-state index in [1.807, 2.05) is 50.2 Å². The van der Waals surface area contributed by atoms with Crippen LogP contribution in [0.2, 0.25) is 0 Å². The number of carbonyl (C=O) groups excluding carboxylic acids is 1. The Hall–Kier alpha value is -3.06. The van der Waals surface area contributed by atoms with E-state index in [1.165, 1.54) is 4.90 Å². The van der Waals surface area contributed by atoms with Gasteiger partial charge in [-0.25, -0.2) is 9.59 Å². The molecule has 0 radical (unpaired) electrons. The number of nitrogens with one attached hydrogen (secondary N) is 2. The lowest BCUT2D eigenvalue weighted by Crippen LogP contribution is -2.33. The van der Waals surface area contributed by atoms with Crippen molar-refractivity contribution >= 4 is 17.9 Å². The van der Waals surface area contributed by atoms with E-state index in [2.05, 4.69) is 38.3 Å². The van der Waals surface area contributed by atoms with E-state index in [9.17, 15) is 14.7 Å². The Morgan fingerprint density at radius 2 is 1.44 bits per heavy atom. The van der Waals surface area contributed by atoms with Crippen LogP contribution in [-0.2, 0) is 0 Å². The molecular weight excluding hydrogens is 454 g/mol. The van der Waals surface area contributed by atoms with E-state index >= 15 is 0 Å². The molecule has 2 aromatic carbocycles. The lowest BCUT2D eigenvalue weighted by molar-refractivity contribution is 0.199. The lowest BCUT2D eigenvalue weighted by Gasteiger charge is -2.24. The highest BCUT2D eigenvalue weighted by Gasteiger charge is 2.19. The molecule has 0 spiro atoms. The van der Waals surface area contributed by atoms with E-state index in [4.69, 9.17) is 4.74 Å². The first-order chi connectivity index (χ1) is 17.1. The molecule has 0 bridgehead atoms. The number of carboxylic acid groups (broad SMARTS) is 1. The number of anilines is 1. The Bertz CT molecular complexity index is 1000. The Labute approximate surface area is 216 Å². The highest BCUT2D eigenvalue weighted by Crippen LogP contribution is 2.29. The van der Waals surface area contributed by atoms with Gasteiger partial charge in [-0.05, 0) is 92.4 Å². The molecule has 198 valence electrons. The smallest absolute Gasteiger partial charge is 0.412 e. The molecule has 0 unspecified atom stereocenters. The fourth-order valence-electron chi connectivity index (χ4n) is 4.09. The van der Waals surface area contributed by atoms with E-state index in [1.54, 1.807) is 0 Å². The quantitative estimate of drug-likeness (QED) is 0.272. The van der Waals surface area contributed by atoms with Crippen LogP contribution in [0.3, 0.4) is 0 Å². The number of unbranched alkanes of at least 4 members (excludes halogenated alkanes) is 1. The van der Waals surface area contributed by atoms with Crippen LogP contribution in [0.1, 0.15) is 81.0 Å². The first-order valence-electron chi connectivity index (χ1n) is 13.0. The Kier molecular flexibility index (Phi) is 11.7. The second kappa shape index (κ2) is 14.5. The summed E-state index contributed by atoms with van der Waals surface area (Å²) in [5.74, 6) is 1.14. The van der Waals surface area contributed by atoms with Gasteiger partial charge in [-0.3, -0.25) is 4.90 Å². The second-order valence-electron chi connectivity index (χ2n) is 9.97. The number of aryl methyl sites for hydroxylation is 2. The van der Waals surface area contributed by atoms with Crippen LogP contribution < -0.4 is 20.3 Å². The van der Waals surface area contributed by atoms with Gasteiger partial charge in [0.25, 0.3) is 0 Å². The number of hydrogen-bond donors (Lipinski definition) is 3. The van der Waals surface area contributed by atoms with Crippen LogP contribution in [0.4, 0.5) is 15.3 Å². The molecule has 7 nitrogen and oxygen atoms in total. The SMILES string of the molecule is Cc1ccc(C(C)C)c(OC(=O)NCCCCNCCCN(C(=O)O)c2cc(C)ccc2C(C)C)c1. The third-order valence-corrected chi connectivity index (χ3v) is 6.11. The third kappa shape index (κ3) is 9.19. The van der Waals surface area contributed by atoms with Crippen LogP contribution in [0, 0.1) is 13.8 Å². The number of ether oxygens (including phenoxy) is 1. The van der Waals surface area contributed by atoms with Crippen molar-refractivity contribution in [3.05, 3.63) is 58.7 Å². The molecular formula is C29H43N3O4. The number of carbonyl (C=O) groups is 2. The van der Waals surface area contributed by atoms with Crippen molar-refractivity contribution in [1.29, 1.82) is 0 Å². The fraction of sp³-hybridized carbons (Fsp3) is 0.517. The molecule has 0 fully saturated rings. The number of hydrogen-bond acceptors (Lipinski definition) is 4.